The summed E-state index contributed by atoms with van der Waals surface area (Å²) in [5.74, 6) is 0. The SMILES string of the molecule is CCNCC1CCC(CNCC)O1. The Morgan fingerprint density at radius 3 is 1.85 bits per heavy atom. The minimum Gasteiger partial charge on any atom is -0.372 e. The quantitative estimate of drug-likeness (QED) is 0.642. The number of hydrogen-bond donors (Lipinski definition) is 2. The lowest BCUT2D eigenvalue weighted by atomic mass is 10.2. The highest BCUT2D eigenvalue weighted by Crippen LogP contribution is 2.18. The fraction of sp³-hybridized carbons (Fsp3) is 1.00. The first kappa shape index (κ1) is 11.0. The van der Waals surface area contributed by atoms with Crippen molar-refractivity contribution in [2.24, 2.45) is 0 Å². The van der Waals surface area contributed by atoms with E-state index in [2.05, 4.69) is 24.5 Å². The van der Waals surface area contributed by atoms with Crippen LogP contribution in [0.3, 0.4) is 0 Å². The molecule has 0 aromatic rings. The van der Waals surface area contributed by atoms with Crippen LogP contribution in [0.2, 0.25) is 0 Å². The topological polar surface area (TPSA) is 33.3 Å². The minimum atomic E-state index is 0.448. The second-order valence-corrected chi connectivity index (χ2v) is 3.57. The van der Waals surface area contributed by atoms with E-state index >= 15 is 0 Å². The second-order valence-electron chi connectivity index (χ2n) is 3.57. The summed E-state index contributed by atoms with van der Waals surface area (Å²) in [4.78, 5) is 0. The molecule has 0 amide bonds. The van der Waals surface area contributed by atoms with Gasteiger partial charge in [0.1, 0.15) is 0 Å². The molecule has 2 N–H and O–H groups in total. The zero-order valence-corrected chi connectivity index (χ0v) is 8.81. The van der Waals surface area contributed by atoms with Crippen LogP contribution in [0.5, 0.6) is 0 Å². The Hall–Kier alpha value is -0.120. The van der Waals surface area contributed by atoms with E-state index in [4.69, 9.17) is 4.74 Å². The Balaban J connectivity index is 2.05. The van der Waals surface area contributed by atoms with Gasteiger partial charge in [-0.2, -0.15) is 0 Å². The van der Waals surface area contributed by atoms with Crippen LogP contribution in [0.25, 0.3) is 0 Å². The van der Waals surface area contributed by atoms with Gasteiger partial charge in [0.25, 0.3) is 0 Å². The number of rotatable bonds is 6. The van der Waals surface area contributed by atoms with Gasteiger partial charge >= 0.3 is 0 Å². The van der Waals surface area contributed by atoms with Crippen LogP contribution < -0.4 is 10.6 Å². The van der Waals surface area contributed by atoms with Crippen molar-refractivity contribution in [1.29, 1.82) is 0 Å². The Labute approximate surface area is 81.2 Å². The summed E-state index contributed by atoms with van der Waals surface area (Å²) in [5.41, 5.74) is 0. The van der Waals surface area contributed by atoms with Crippen LogP contribution in [0.15, 0.2) is 0 Å². The molecule has 0 aromatic heterocycles. The summed E-state index contributed by atoms with van der Waals surface area (Å²) in [6.45, 7) is 8.36. The standard InChI is InChI=1S/C10H22N2O/c1-3-11-7-9-5-6-10(13-9)8-12-4-2/h9-12H,3-8H2,1-2H3. The largest absolute Gasteiger partial charge is 0.372 e. The molecule has 13 heavy (non-hydrogen) atoms. The summed E-state index contributed by atoms with van der Waals surface area (Å²) in [6, 6.07) is 0. The molecular formula is C10H22N2O. The average Bonchev–Trinajstić information content (AvgIpc) is 2.59. The Kier molecular flexibility index (Phi) is 5.35. The molecule has 1 saturated heterocycles. The van der Waals surface area contributed by atoms with Crippen LogP contribution in [0, 0.1) is 0 Å². The zero-order valence-electron chi connectivity index (χ0n) is 8.81. The van der Waals surface area contributed by atoms with Crippen LogP contribution in [0.1, 0.15) is 26.7 Å². The molecule has 0 saturated carbocycles. The molecule has 1 fully saturated rings. The van der Waals surface area contributed by atoms with E-state index in [-0.39, 0.29) is 0 Å². The predicted molar refractivity (Wildman–Crippen MR) is 55.0 cm³/mol. The third kappa shape index (κ3) is 4.07. The molecular weight excluding hydrogens is 164 g/mol. The molecule has 2 atom stereocenters. The van der Waals surface area contributed by atoms with Crippen LogP contribution in [-0.4, -0.2) is 38.4 Å². The molecule has 3 heteroatoms. The first-order valence-corrected chi connectivity index (χ1v) is 5.43. The second kappa shape index (κ2) is 6.35. The van der Waals surface area contributed by atoms with Gasteiger partial charge in [-0.05, 0) is 25.9 Å². The molecule has 2 unspecified atom stereocenters. The molecule has 78 valence electrons. The van der Waals surface area contributed by atoms with Gasteiger partial charge in [0.2, 0.25) is 0 Å². The van der Waals surface area contributed by atoms with E-state index in [0.717, 1.165) is 26.2 Å². The Morgan fingerprint density at radius 2 is 1.46 bits per heavy atom. The predicted octanol–water partition coefficient (Wildman–Crippen LogP) is 0.753. The van der Waals surface area contributed by atoms with Gasteiger partial charge in [-0.3, -0.25) is 0 Å². The summed E-state index contributed by atoms with van der Waals surface area (Å²) < 4.78 is 5.84. The Bertz CT molecular complexity index is 116. The van der Waals surface area contributed by atoms with Gasteiger partial charge in [0.15, 0.2) is 0 Å². The highest BCUT2D eigenvalue weighted by atomic mass is 16.5. The monoisotopic (exact) mass is 186 g/mol. The van der Waals surface area contributed by atoms with Gasteiger partial charge in [-0.1, -0.05) is 13.8 Å². The van der Waals surface area contributed by atoms with Gasteiger partial charge in [-0.25, -0.2) is 0 Å². The van der Waals surface area contributed by atoms with Crippen LogP contribution >= 0.6 is 0 Å². The number of nitrogens with one attached hydrogen (secondary N) is 2. The van der Waals surface area contributed by atoms with Gasteiger partial charge in [-0.15, -0.1) is 0 Å². The number of likely N-dealkylation sites (N-methyl/N-ethyl adjacent to an activating group) is 2. The Morgan fingerprint density at radius 1 is 1.00 bits per heavy atom. The first-order chi connectivity index (χ1) is 6.36. The maximum atomic E-state index is 5.84. The maximum absolute atomic E-state index is 5.84. The lowest BCUT2D eigenvalue weighted by Gasteiger charge is -2.13. The molecule has 3 nitrogen and oxygen atoms in total. The highest BCUT2D eigenvalue weighted by molar-refractivity contribution is 4.76. The van der Waals surface area contributed by atoms with Crippen LogP contribution in [0.4, 0.5) is 0 Å². The summed E-state index contributed by atoms with van der Waals surface area (Å²) in [5, 5.41) is 6.64. The molecule has 0 spiro atoms. The van der Waals surface area contributed by atoms with Gasteiger partial charge < -0.3 is 15.4 Å². The van der Waals surface area contributed by atoms with E-state index in [9.17, 15) is 0 Å². The van der Waals surface area contributed by atoms with Crippen LogP contribution in [-0.2, 0) is 4.74 Å². The molecule has 1 rings (SSSR count). The van der Waals surface area contributed by atoms with Crippen molar-refractivity contribution in [2.45, 2.75) is 38.9 Å². The molecule has 1 aliphatic heterocycles. The van der Waals surface area contributed by atoms with Crippen molar-refractivity contribution in [3.8, 4) is 0 Å². The lowest BCUT2D eigenvalue weighted by Crippen LogP contribution is -2.30. The van der Waals surface area contributed by atoms with Crippen molar-refractivity contribution in [3.05, 3.63) is 0 Å². The van der Waals surface area contributed by atoms with Crippen molar-refractivity contribution in [2.75, 3.05) is 26.2 Å². The van der Waals surface area contributed by atoms with E-state index in [0.29, 0.717) is 12.2 Å². The molecule has 0 aliphatic carbocycles. The van der Waals surface area contributed by atoms with E-state index < -0.39 is 0 Å². The molecule has 0 bridgehead atoms. The zero-order chi connectivity index (χ0) is 9.52. The molecule has 1 heterocycles. The first-order valence-electron chi connectivity index (χ1n) is 5.43. The fourth-order valence-electron chi connectivity index (χ4n) is 1.69. The van der Waals surface area contributed by atoms with Gasteiger partial charge in [0, 0.05) is 13.1 Å². The van der Waals surface area contributed by atoms with Gasteiger partial charge in [0.05, 0.1) is 12.2 Å². The third-order valence-electron chi connectivity index (χ3n) is 2.44. The lowest BCUT2D eigenvalue weighted by molar-refractivity contribution is 0.0463. The average molecular weight is 186 g/mol. The minimum absolute atomic E-state index is 0.448. The molecule has 0 radical (unpaired) electrons. The highest BCUT2D eigenvalue weighted by Gasteiger charge is 2.23. The molecule has 0 aromatic carbocycles. The van der Waals surface area contributed by atoms with E-state index in [1.165, 1.54) is 12.8 Å². The summed E-state index contributed by atoms with van der Waals surface area (Å²) >= 11 is 0. The fourth-order valence-corrected chi connectivity index (χ4v) is 1.69. The van der Waals surface area contributed by atoms with E-state index in [1.54, 1.807) is 0 Å². The smallest absolute Gasteiger partial charge is 0.0704 e. The van der Waals surface area contributed by atoms with Crippen molar-refractivity contribution < 1.29 is 4.74 Å². The van der Waals surface area contributed by atoms with Crippen molar-refractivity contribution in [1.82, 2.24) is 10.6 Å². The normalized spacial score (nSPS) is 28.2. The third-order valence-corrected chi connectivity index (χ3v) is 2.44. The summed E-state index contributed by atoms with van der Waals surface area (Å²) in [7, 11) is 0. The van der Waals surface area contributed by atoms with Crippen molar-refractivity contribution in [3.63, 3.8) is 0 Å². The maximum Gasteiger partial charge on any atom is 0.0704 e. The summed E-state index contributed by atoms with van der Waals surface area (Å²) in [6.07, 6.45) is 3.32. The molecule has 1 aliphatic rings. The van der Waals surface area contributed by atoms with Crippen molar-refractivity contribution >= 4 is 0 Å². The number of hydrogen-bond acceptors (Lipinski definition) is 3. The number of ether oxygens (including phenoxy) is 1. The van der Waals surface area contributed by atoms with E-state index in [1.807, 2.05) is 0 Å².